The van der Waals surface area contributed by atoms with Crippen molar-refractivity contribution in [1.82, 2.24) is 0 Å². The van der Waals surface area contributed by atoms with Gasteiger partial charge in [-0.25, -0.2) is 0 Å². The van der Waals surface area contributed by atoms with Gasteiger partial charge in [0.2, 0.25) is 0 Å². The molecule has 0 fully saturated rings. The first kappa shape index (κ1) is 61.2. The van der Waals surface area contributed by atoms with Gasteiger partial charge in [-0.05, 0) is 122 Å². The third-order valence-electron chi connectivity index (χ3n) is 14.3. The van der Waals surface area contributed by atoms with Crippen molar-refractivity contribution in [2.75, 3.05) is 0 Å². The molecule has 0 unspecified atom stereocenters. The molecule has 0 bridgehead atoms. The number of aliphatic hydroxyl groups is 2. The number of nitrogens with zero attached hydrogens (tertiary/aromatic N) is 2. The maximum Gasteiger partial charge on any atom is 0.269 e. The lowest BCUT2D eigenvalue weighted by Gasteiger charge is -2.44. The Morgan fingerprint density at radius 1 is 0.485 bits per heavy atom. The predicted octanol–water partition coefficient (Wildman–Crippen LogP) is 12.8. The minimum Gasteiger partial charge on any atom is -0.411 e. The Balaban J connectivity index is 0.000000660. The molecule has 0 radical (unpaired) electrons. The first-order valence-electron chi connectivity index (χ1n) is 23.0. The minimum absolute atomic E-state index is 0.0237. The van der Waals surface area contributed by atoms with E-state index in [1.165, 1.54) is 48.5 Å². The number of carbonyl (C=O) groups is 2. The molecular formula is C48H86N2O12Si4. The summed E-state index contributed by atoms with van der Waals surface area (Å²) in [4.78, 5) is 47.7. The summed E-state index contributed by atoms with van der Waals surface area (Å²) in [7, 11) is -8.94. The number of nitro benzene ring substituents is 2. The average molecular weight is 996 g/mol. The van der Waals surface area contributed by atoms with E-state index in [1.807, 2.05) is 13.8 Å². The molecule has 0 aliphatic carbocycles. The lowest BCUT2D eigenvalue weighted by molar-refractivity contribution is -0.385. The van der Waals surface area contributed by atoms with Gasteiger partial charge in [0.25, 0.3) is 11.4 Å². The molecule has 0 aromatic heterocycles. The van der Waals surface area contributed by atoms with E-state index < -0.39 is 79.7 Å². The summed E-state index contributed by atoms with van der Waals surface area (Å²) in [5.74, 6) is -0.450. The van der Waals surface area contributed by atoms with E-state index in [-0.39, 0.29) is 55.9 Å². The van der Waals surface area contributed by atoms with Crippen LogP contribution in [0.4, 0.5) is 11.4 Å². The number of hydrogen-bond donors (Lipinski definition) is 2. The number of Topliss-reactive ketones (excluding diaryl/α,β-unsaturated/α-hetero) is 2. The summed E-state index contributed by atoms with van der Waals surface area (Å²) >= 11 is 0. The topological polar surface area (TPSA) is 198 Å². The summed E-state index contributed by atoms with van der Waals surface area (Å²) in [6.07, 6.45) is -4.98. The Kier molecular flexibility index (Phi) is 21.1. The van der Waals surface area contributed by atoms with Gasteiger partial charge in [-0.15, -0.1) is 0 Å². The van der Waals surface area contributed by atoms with E-state index in [0.717, 1.165) is 0 Å². The van der Waals surface area contributed by atoms with E-state index in [9.17, 15) is 40.0 Å². The van der Waals surface area contributed by atoms with Gasteiger partial charge in [0.15, 0.2) is 44.8 Å². The Morgan fingerprint density at radius 3 is 0.894 bits per heavy atom. The fourth-order valence-electron chi connectivity index (χ4n) is 5.73. The van der Waals surface area contributed by atoms with Crippen LogP contribution in [0.15, 0.2) is 48.5 Å². The molecule has 0 aliphatic heterocycles. The first-order valence-corrected chi connectivity index (χ1v) is 34.6. The highest BCUT2D eigenvalue weighted by atomic mass is 28.4. The second-order valence-electron chi connectivity index (χ2n) is 23.8. The molecule has 0 saturated carbocycles. The highest BCUT2D eigenvalue weighted by Gasteiger charge is 2.47. The Bertz CT molecular complexity index is 1790. The van der Waals surface area contributed by atoms with Crippen molar-refractivity contribution < 1.29 is 47.4 Å². The molecule has 14 nitrogen and oxygen atoms in total. The highest BCUT2D eigenvalue weighted by molar-refractivity contribution is 6.75. The number of ketones is 2. The lowest BCUT2D eigenvalue weighted by Crippen LogP contribution is -2.53. The molecular weight excluding hydrogens is 909 g/mol. The van der Waals surface area contributed by atoms with Crippen LogP contribution in [0.5, 0.6) is 0 Å². The zero-order valence-electron chi connectivity index (χ0n) is 44.4. The van der Waals surface area contributed by atoms with Crippen LogP contribution in [-0.2, 0) is 27.3 Å². The van der Waals surface area contributed by atoms with Gasteiger partial charge in [-0.2, -0.15) is 0 Å². The molecule has 376 valence electrons. The zero-order chi connectivity index (χ0) is 52.0. The molecule has 18 heteroatoms. The van der Waals surface area contributed by atoms with Crippen LogP contribution < -0.4 is 0 Å². The zero-order valence-corrected chi connectivity index (χ0v) is 48.4. The van der Waals surface area contributed by atoms with Gasteiger partial charge in [0.05, 0.1) is 34.3 Å². The van der Waals surface area contributed by atoms with Crippen molar-refractivity contribution in [1.29, 1.82) is 0 Å². The van der Waals surface area contributed by atoms with Gasteiger partial charge >= 0.3 is 0 Å². The third-order valence-corrected chi connectivity index (χ3v) is 32.3. The number of carbonyl (C=O) groups excluding carboxylic acids is 2. The number of rotatable bonds is 20. The standard InChI is InChI=1S/2C24H43NO6Si2/c2*1-17(30-32(8,9)23(2,3)4)22(31-33(10,11)24(5,6)7)21(27)16-20(26)18-12-14-19(15-13-18)25(28)29/h2*12-15,17,20,22,26H,16H2,1-11H3/t2*17-,20+,22-/m10/s1. The van der Waals surface area contributed by atoms with Crippen molar-refractivity contribution >= 4 is 56.2 Å². The van der Waals surface area contributed by atoms with E-state index in [4.69, 9.17) is 17.7 Å². The maximum atomic E-state index is 13.4. The molecule has 0 aliphatic rings. The van der Waals surface area contributed by atoms with Crippen molar-refractivity contribution in [2.24, 2.45) is 0 Å². The van der Waals surface area contributed by atoms with Crippen molar-refractivity contribution in [2.45, 2.75) is 219 Å². The van der Waals surface area contributed by atoms with E-state index in [2.05, 4.69) is 135 Å². The number of non-ortho nitro benzene ring substituents is 2. The van der Waals surface area contributed by atoms with E-state index in [0.29, 0.717) is 11.1 Å². The van der Waals surface area contributed by atoms with E-state index >= 15 is 0 Å². The van der Waals surface area contributed by atoms with Gasteiger partial charge in [0.1, 0.15) is 12.2 Å². The summed E-state index contributed by atoms with van der Waals surface area (Å²) in [5, 5.41) is 42.9. The molecule has 66 heavy (non-hydrogen) atoms. The number of hydrogen-bond acceptors (Lipinski definition) is 12. The second kappa shape index (κ2) is 22.8. The monoisotopic (exact) mass is 995 g/mol. The lowest BCUT2D eigenvalue weighted by atomic mass is 10.00. The third kappa shape index (κ3) is 17.3. The van der Waals surface area contributed by atoms with Crippen molar-refractivity contribution in [3.63, 3.8) is 0 Å². The minimum atomic E-state index is -2.31. The van der Waals surface area contributed by atoms with Crippen LogP contribution >= 0.6 is 0 Å². The molecule has 0 saturated heterocycles. The van der Waals surface area contributed by atoms with Crippen LogP contribution in [0.3, 0.4) is 0 Å². The Labute approximate surface area is 400 Å². The summed E-state index contributed by atoms with van der Waals surface area (Å²) in [6.45, 7) is 46.3. The predicted molar refractivity (Wildman–Crippen MR) is 275 cm³/mol. The molecule has 0 heterocycles. The average Bonchev–Trinajstić information content (AvgIpc) is 3.13. The SMILES string of the molecule is C[C@@H](O[Si](C)(C)C(C)(C)C)[C@@H](O[Si](C)(C)C(C)(C)C)C(=O)C[C@H](O)c1ccc([N+](=O)[O-])cc1.C[C@H](O[Si](C)(C)C(C)(C)C)[C@H](O[Si](C)(C)C(C)(C)C)C(=O)C[C@@H](O)c1ccc([N+](=O)[O-])cc1. The van der Waals surface area contributed by atoms with Crippen LogP contribution in [0.25, 0.3) is 0 Å². The number of aliphatic hydroxyl groups excluding tert-OH is 2. The maximum absolute atomic E-state index is 13.4. The summed E-state index contributed by atoms with van der Waals surface area (Å²) in [5.41, 5.74) is 0.789. The Morgan fingerprint density at radius 2 is 0.697 bits per heavy atom. The smallest absolute Gasteiger partial charge is 0.269 e. The van der Waals surface area contributed by atoms with E-state index in [1.54, 1.807) is 0 Å². The van der Waals surface area contributed by atoms with Gasteiger partial charge in [-0.3, -0.25) is 29.8 Å². The number of nitro groups is 2. The van der Waals surface area contributed by atoms with Crippen LogP contribution in [0.1, 0.15) is 133 Å². The second-order valence-corrected chi connectivity index (χ2v) is 42.9. The number of benzene rings is 2. The largest absolute Gasteiger partial charge is 0.411 e. The fourth-order valence-corrected chi connectivity index (χ4v) is 11.2. The van der Waals surface area contributed by atoms with Crippen LogP contribution in [0.2, 0.25) is 72.5 Å². The van der Waals surface area contributed by atoms with Gasteiger partial charge < -0.3 is 27.9 Å². The molecule has 0 amide bonds. The van der Waals surface area contributed by atoms with Gasteiger partial charge in [-0.1, -0.05) is 83.1 Å². The molecule has 0 spiro atoms. The van der Waals surface area contributed by atoms with Gasteiger partial charge in [0, 0.05) is 37.1 Å². The summed E-state index contributed by atoms with van der Waals surface area (Å²) in [6, 6.07) is 11.2. The summed E-state index contributed by atoms with van der Waals surface area (Å²) < 4.78 is 26.2. The van der Waals surface area contributed by atoms with Crippen LogP contribution in [-0.4, -0.2) is 89.3 Å². The molecule has 6 atom stereocenters. The first-order chi connectivity index (χ1) is 29.4. The van der Waals surface area contributed by atoms with Crippen LogP contribution in [0, 0.1) is 20.2 Å². The molecule has 2 aromatic rings. The molecule has 2 rings (SSSR count). The molecule has 2 aromatic carbocycles. The normalized spacial score (nSPS) is 16.2. The quantitative estimate of drug-likeness (QED) is 0.0724. The van der Waals surface area contributed by atoms with Crippen molar-refractivity contribution in [3.05, 3.63) is 79.9 Å². The molecule has 2 N–H and O–H groups in total. The fraction of sp³-hybridized carbons (Fsp3) is 0.708. The van der Waals surface area contributed by atoms with Crippen molar-refractivity contribution in [3.8, 4) is 0 Å². The highest BCUT2D eigenvalue weighted by Crippen LogP contribution is 2.43. The Hall–Kier alpha value is -2.79.